The van der Waals surface area contributed by atoms with E-state index in [4.69, 9.17) is 9.26 Å². The molecule has 0 spiro atoms. The van der Waals surface area contributed by atoms with Crippen LogP contribution in [0.4, 0.5) is 10.2 Å². The smallest absolute Gasteiger partial charge is 0.376 e. The van der Waals surface area contributed by atoms with Crippen molar-refractivity contribution in [1.82, 2.24) is 15.1 Å². The second kappa shape index (κ2) is 8.37. The van der Waals surface area contributed by atoms with E-state index in [9.17, 15) is 9.18 Å². The molecular weight excluding hydrogens is 411 g/mol. The molecule has 1 atom stereocenters. The zero-order valence-electron chi connectivity index (χ0n) is 17.5. The Kier molecular flexibility index (Phi) is 5.26. The average Bonchev–Trinajstić information content (AvgIpc) is 3.24. The van der Waals surface area contributed by atoms with E-state index in [2.05, 4.69) is 32.6 Å². The molecule has 0 fully saturated rings. The normalized spacial score (nSPS) is 15.4. The summed E-state index contributed by atoms with van der Waals surface area (Å²) in [5.74, 6) is -0.658. The lowest BCUT2D eigenvalue weighted by atomic mass is 9.87. The lowest BCUT2D eigenvalue weighted by molar-refractivity contribution is 0.0512. The Bertz CT molecular complexity index is 1290. The van der Waals surface area contributed by atoms with E-state index in [1.165, 1.54) is 23.3 Å². The number of carbonyl (C=O) groups excluding carboxylic acids is 1. The molecule has 4 aromatic rings. The first-order chi connectivity index (χ1) is 15.6. The van der Waals surface area contributed by atoms with Gasteiger partial charge >= 0.3 is 5.97 Å². The molecule has 2 aromatic carbocycles. The van der Waals surface area contributed by atoms with Crippen molar-refractivity contribution in [2.75, 3.05) is 11.9 Å². The average molecular weight is 432 g/mol. The largest absolute Gasteiger partial charge is 0.460 e. The number of halogens is 1. The Balaban J connectivity index is 1.64. The number of hydrogen-bond donors (Lipinski definition) is 1. The maximum atomic E-state index is 13.5. The number of benzene rings is 2. The minimum atomic E-state index is -0.638. The van der Waals surface area contributed by atoms with Crippen LogP contribution in [0.25, 0.3) is 22.4 Å². The van der Waals surface area contributed by atoms with Gasteiger partial charge in [0.2, 0.25) is 5.82 Å². The van der Waals surface area contributed by atoms with E-state index in [-0.39, 0.29) is 30.0 Å². The van der Waals surface area contributed by atoms with Crippen molar-refractivity contribution >= 4 is 22.9 Å². The molecule has 1 aliphatic carbocycles. The molecule has 0 bridgehead atoms. The number of nitrogens with zero attached hydrogens (tertiary/aromatic N) is 3. The van der Waals surface area contributed by atoms with Crippen LogP contribution in [0.15, 0.2) is 53.1 Å². The molecule has 5 rings (SSSR count). The Morgan fingerprint density at radius 2 is 2.00 bits per heavy atom. The third kappa shape index (κ3) is 3.68. The molecule has 162 valence electrons. The second-order valence-electron chi connectivity index (χ2n) is 7.62. The predicted octanol–water partition coefficient (Wildman–Crippen LogP) is 5.09. The number of anilines is 1. The lowest BCUT2D eigenvalue weighted by Crippen LogP contribution is -2.19. The van der Waals surface area contributed by atoms with Crippen molar-refractivity contribution < 1.29 is 18.4 Å². The van der Waals surface area contributed by atoms with Gasteiger partial charge in [0.15, 0.2) is 0 Å². The third-order valence-electron chi connectivity index (χ3n) is 5.59. The second-order valence-corrected chi connectivity index (χ2v) is 7.62. The molecule has 2 heterocycles. The van der Waals surface area contributed by atoms with Crippen LogP contribution in [-0.2, 0) is 11.2 Å². The number of rotatable bonds is 5. The maximum absolute atomic E-state index is 13.5. The SMILES string of the molecule is CCOC(=O)c1nc(N[C@@H]2CCCc3ccccc32)c2c(-c3ccc(F)cc3)noc2n1. The zero-order valence-corrected chi connectivity index (χ0v) is 17.5. The number of aryl methyl sites for hydroxylation is 1. The molecule has 0 unspecified atom stereocenters. The molecule has 1 aliphatic rings. The van der Waals surface area contributed by atoms with Crippen LogP contribution in [0.1, 0.15) is 47.6 Å². The molecule has 8 heteroatoms. The Morgan fingerprint density at radius 3 is 2.81 bits per heavy atom. The van der Waals surface area contributed by atoms with E-state index in [1.807, 2.05) is 12.1 Å². The van der Waals surface area contributed by atoms with Gasteiger partial charge in [-0.2, -0.15) is 4.98 Å². The van der Waals surface area contributed by atoms with E-state index >= 15 is 0 Å². The molecule has 0 radical (unpaired) electrons. The molecule has 0 amide bonds. The first-order valence-electron chi connectivity index (χ1n) is 10.6. The highest BCUT2D eigenvalue weighted by Crippen LogP contribution is 2.37. The van der Waals surface area contributed by atoms with Gasteiger partial charge in [0.25, 0.3) is 5.71 Å². The predicted molar refractivity (Wildman–Crippen MR) is 117 cm³/mol. The van der Waals surface area contributed by atoms with Crippen molar-refractivity contribution in [3.63, 3.8) is 0 Å². The number of carbonyl (C=O) groups is 1. The summed E-state index contributed by atoms with van der Waals surface area (Å²) in [6, 6.07) is 14.2. The first kappa shape index (κ1) is 20.1. The summed E-state index contributed by atoms with van der Waals surface area (Å²) in [4.78, 5) is 21.1. The van der Waals surface area contributed by atoms with Gasteiger partial charge in [-0.05, 0) is 61.6 Å². The molecule has 1 N–H and O–H groups in total. The van der Waals surface area contributed by atoms with Crippen molar-refractivity contribution in [2.24, 2.45) is 0 Å². The van der Waals surface area contributed by atoms with Gasteiger partial charge < -0.3 is 14.6 Å². The van der Waals surface area contributed by atoms with Crippen LogP contribution in [0.3, 0.4) is 0 Å². The van der Waals surface area contributed by atoms with Gasteiger partial charge in [-0.25, -0.2) is 14.2 Å². The van der Waals surface area contributed by atoms with Gasteiger partial charge in [0, 0.05) is 5.56 Å². The number of nitrogens with one attached hydrogen (secondary N) is 1. The van der Waals surface area contributed by atoms with Gasteiger partial charge in [-0.1, -0.05) is 29.4 Å². The van der Waals surface area contributed by atoms with Crippen LogP contribution in [0.5, 0.6) is 0 Å². The molecule has 0 saturated carbocycles. The molecule has 2 aromatic heterocycles. The van der Waals surface area contributed by atoms with E-state index < -0.39 is 5.97 Å². The minimum absolute atomic E-state index is 0.00376. The van der Waals surface area contributed by atoms with Crippen molar-refractivity contribution in [1.29, 1.82) is 0 Å². The highest BCUT2D eigenvalue weighted by molar-refractivity contribution is 6.00. The van der Waals surface area contributed by atoms with Crippen LogP contribution >= 0.6 is 0 Å². The quantitative estimate of drug-likeness (QED) is 0.439. The van der Waals surface area contributed by atoms with E-state index in [0.29, 0.717) is 22.5 Å². The van der Waals surface area contributed by atoms with Crippen molar-refractivity contribution in [2.45, 2.75) is 32.2 Å². The number of ether oxygens (including phenoxy) is 1. The highest BCUT2D eigenvalue weighted by atomic mass is 19.1. The van der Waals surface area contributed by atoms with Crippen molar-refractivity contribution in [3.05, 3.63) is 71.3 Å². The first-order valence-corrected chi connectivity index (χ1v) is 10.6. The fraction of sp³-hybridized carbons (Fsp3) is 0.250. The Morgan fingerprint density at radius 1 is 1.19 bits per heavy atom. The van der Waals surface area contributed by atoms with Crippen LogP contribution in [0, 0.1) is 5.82 Å². The standard InChI is InChI=1S/C24H21FN4O3/c1-2-31-24(30)22-27-21(26-18-9-5-7-14-6-3-4-8-17(14)18)19-20(29-32-23(19)28-22)15-10-12-16(25)13-11-15/h3-4,6,8,10-13,18H,2,5,7,9H2,1H3,(H,26,27,28)/t18-/m1/s1. The summed E-state index contributed by atoms with van der Waals surface area (Å²) >= 11 is 0. The van der Waals surface area contributed by atoms with Crippen LogP contribution < -0.4 is 5.32 Å². The van der Waals surface area contributed by atoms with Gasteiger partial charge in [-0.15, -0.1) is 0 Å². The lowest BCUT2D eigenvalue weighted by Gasteiger charge is -2.27. The summed E-state index contributed by atoms with van der Waals surface area (Å²) in [7, 11) is 0. The van der Waals surface area contributed by atoms with Crippen molar-refractivity contribution in [3.8, 4) is 11.3 Å². The summed E-state index contributed by atoms with van der Waals surface area (Å²) in [6.07, 6.45) is 2.96. The van der Waals surface area contributed by atoms with E-state index in [0.717, 1.165) is 19.3 Å². The Hall–Kier alpha value is -3.81. The number of fused-ring (bicyclic) bond motifs is 2. The number of aromatic nitrogens is 3. The monoisotopic (exact) mass is 432 g/mol. The Labute approximate surface area is 183 Å². The fourth-order valence-electron chi connectivity index (χ4n) is 4.12. The minimum Gasteiger partial charge on any atom is -0.460 e. The summed E-state index contributed by atoms with van der Waals surface area (Å²) in [6.45, 7) is 1.92. The molecule has 0 saturated heterocycles. The summed E-state index contributed by atoms with van der Waals surface area (Å²) in [5, 5.41) is 8.17. The van der Waals surface area contributed by atoms with Crippen LogP contribution in [0.2, 0.25) is 0 Å². The topological polar surface area (TPSA) is 90.1 Å². The summed E-state index contributed by atoms with van der Waals surface area (Å²) in [5.41, 5.74) is 3.78. The van der Waals surface area contributed by atoms with Crippen LogP contribution in [-0.4, -0.2) is 27.7 Å². The van der Waals surface area contributed by atoms with Gasteiger partial charge in [0.05, 0.1) is 12.6 Å². The number of esters is 1. The zero-order chi connectivity index (χ0) is 22.1. The molecular formula is C24H21FN4O3. The number of hydrogen-bond acceptors (Lipinski definition) is 7. The maximum Gasteiger partial charge on any atom is 0.376 e. The summed E-state index contributed by atoms with van der Waals surface area (Å²) < 4.78 is 24.0. The third-order valence-corrected chi connectivity index (χ3v) is 5.59. The van der Waals surface area contributed by atoms with E-state index in [1.54, 1.807) is 19.1 Å². The fourth-order valence-corrected chi connectivity index (χ4v) is 4.12. The molecule has 7 nitrogen and oxygen atoms in total. The highest BCUT2D eigenvalue weighted by Gasteiger charge is 2.26. The van der Waals surface area contributed by atoms with Gasteiger partial charge in [-0.3, -0.25) is 0 Å². The van der Waals surface area contributed by atoms with Gasteiger partial charge in [0.1, 0.15) is 22.7 Å². The molecule has 32 heavy (non-hydrogen) atoms. The molecule has 0 aliphatic heterocycles.